The summed E-state index contributed by atoms with van der Waals surface area (Å²) in [6, 6.07) is 9.83. The number of nitro groups is 1. The van der Waals surface area contributed by atoms with Crippen LogP contribution in [0.1, 0.15) is 11.1 Å². The van der Waals surface area contributed by atoms with Crippen LogP contribution < -0.4 is 5.32 Å². The van der Waals surface area contributed by atoms with E-state index in [1.54, 1.807) is 0 Å². The molecule has 0 unspecified atom stereocenters. The van der Waals surface area contributed by atoms with Crippen molar-refractivity contribution in [2.75, 3.05) is 11.9 Å². The summed E-state index contributed by atoms with van der Waals surface area (Å²) in [5, 5.41) is 13.6. The molecule has 0 fully saturated rings. The third kappa shape index (κ3) is 3.94. The summed E-state index contributed by atoms with van der Waals surface area (Å²) in [4.78, 5) is 13.5. The first-order valence-electron chi connectivity index (χ1n) is 6.37. The second-order valence-electron chi connectivity index (χ2n) is 4.51. The van der Waals surface area contributed by atoms with Gasteiger partial charge in [0, 0.05) is 18.8 Å². The SMILES string of the molecule is O=[N+]([O-])c1cc(C(F)(F)F)cnc1NCCc1ccccc1. The number of nitrogens with one attached hydrogen (secondary N) is 1. The van der Waals surface area contributed by atoms with Crippen LogP contribution in [0.4, 0.5) is 24.7 Å². The first-order valence-corrected chi connectivity index (χ1v) is 6.37. The molecule has 0 amide bonds. The summed E-state index contributed by atoms with van der Waals surface area (Å²) >= 11 is 0. The molecule has 2 aromatic rings. The number of pyridine rings is 1. The van der Waals surface area contributed by atoms with Gasteiger partial charge in [-0.3, -0.25) is 10.1 Å². The lowest BCUT2D eigenvalue weighted by atomic mass is 10.1. The zero-order valence-electron chi connectivity index (χ0n) is 11.3. The van der Waals surface area contributed by atoms with Crippen LogP contribution in [0.15, 0.2) is 42.6 Å². The minimum atomic E-state index is -4.67. The molecule has 5 nitrogen and oxygen atoms in total. The molecule has 0 saturated heterocycles. The molecule has 0 bridgehead atoms. The number of aromatic nitrogens is 1. The van der Waals surface area contributed by atoms with Gasteiger partial charge in [0.25, 0.3) is 0 Å². The lowest BCUT2D eigenvalue weighted by molar-refractivity contribution is -0.384. The number of benzene rings is 1. The van der Waals surface area contributed by atoms with Crippen LogP contribution >= 0.6 is 0 Å². The van der Waals surface area contributed by atoms with Gasteiger partial charge in [0.2, 0.25) is 5.82 Å². The molecule has 116 valence electrons. The number of rotatable bonds is 5. The quantitative estimate of drug-likeness (QED) is 0.676. The van der Waals surface area contributed by atoms with Gasteiger partial charge in [0.05, 0.1) is 10.5 Å². The van der Waals surface area contributed by atoms with Gasteiger partial charge in [-0.15, -0.1) is 0 Å². The fraction of sp³-hybridized carbons (Fsp3) is 0.214. The number of hydrogen-bond donors (Lipinski definition) is 1. The summed E-state index contributed by atoms with van der Waals surface area (Å²) < 4.78 is 37.7. The number of anilines is 1. The Hall–Kier alpha value is -2.64. The van der Waals surface area contributed by atoms with Gasteiger partial charge >= 0.3 is 11.9 Å². The van der Waals surface area contributed by atoms with E-state index in [0.717, 1.165) is 5.56 Å². The van der Waals surface area contributed by atoms with Crippen molar-refractivity contribution in [3.63, 3.8) is 0 Å². The van der Waals surface area contributed by atoms with Crippen molar-refractivity contribution in [3.05, 3.63) is 63.8 Å². The highest BCUT2D eigenvalue weighted by Gasteiger charge is 2.33. The molecule has 0 radical (unpaired) electrons. The average molecular weight is 311 g/mol. The van der Waals surface area contributed by atoms with Crippen molar-refractivity contribution < 1.29 is 18.1 Å². The van der Waals surface area contributed by atoms with Crippen LogP contribution in [0.25, 0.3) is 0 Å². The van der Waals surface area contributed by atoms with Gasteiger partial charge in [-0.05, 0) is 12.0 Å². The Labute approximate surface area is 124 Å². The van der Waals surface area contributed by atoms with Crippen LogP contribution in [-0.2, 0) is 12.6 Å². The summed E-state index contributed by atoms with van der Waals surface area (Å²) in [6.45, 7) is 0.323. The van der Waals surface area contributed by atoms with Crippen molar-refractivity contribution in [3.8, 4) is 0 Å². The minimum absolute atomic E-state index is 0.172. The summed E-state index contributed by atoms with van der Waals surface area (Å²) in [6.07, 6.45) is -3.52. The van der Waals surface area contributed by atoms with Gasteiger partial charge in [-0.2, -0.15) is 13.2 Å². The first kappa shape index (κ1) is 15.7. The molecule has 1 aromatic carbocycles. The van der Waals surface area contributed by atoms with E-state index < -0.39 is 22.4 Å². The molecular formula is C14H12F3N3O2. The number of halogens is 3. The Morgan fingerprint density at radius 3 is 2.50 bits per heavy atom. The highest BCUT2D eigenvalue weighted by molar-refractivity contribution is 5.57. The molecule has 1 aromatic heterocycles. The molecule has 1 heterocycles. The molecule has 0 aliphatic rings. The Bertz CT molecular complexity index is 660. The Morgan fingerprint density at radius 1 is 1.23 bits per heavy atom. The molecule has 0 saturated carbocycles. The fourth-order valence-electron chi connectivity index (χ4n) is 1.85. The maximum Gasteiger partial charge on any atom is 0.418 e. The van der Waals surface area contributed by atoms with Crippen LogP contribution in [0.5, 0.6) is 0 Å². The minimum Gasteiger partial charge on any atom is -0.364 e. The van der Waals surface area contributed by atoms with Gasteiger partial charge < -0.3 is 5.32 Å². The summed E-state index contributed by atoms with van der Waals surface area (Å²) in [5.74, 6) is -0.172. The monoisotopic (exact) mass is 311 g/mol. The largest absolute Gasteiger partial charge is 0.418 e. The lowest BCUT2D eigenvalue weighted by Crippen LogP contribution is -2.11. The highest BCUT2D eigenvalue weighted by Crippen LogP contribution is 2.33. The smallest absolute Gasteiger partial charge is 0.364 e. The maximum atomic E-state index is 12.6. The van der Waals surface area contributed by atoms with E-state index >= 15 is 0 Å². The number of hydrogen-bond acceptors (Lipinski definition) is 4. The topological polar surface area (TPSA) is 68.1 Å². The third-order valence-corrected chi connectivity index (χ3v) is 2.94. The van der Waals surface area contributed by atoms with Crippen LogP contribution in [0.3, 0.4) is 0 Å². The van der Waals surface area contributed by atoms with Crippen molar-refractivity contribution in [2.45, 2.75) is 12.6 Å². The van der Waals surface area contributed by atoms with E-state index in [2.05, 4.69) is 10.3 Å². The number of nitrogens with zero attached hydrogens (tertiary/aromatic N) is 2. The predicted octanol–water partition coefficient (Wildman–Crippen LogP) is 3.66. The zero-order valence-corrected chi connectivity index (χ0v) is 11.3. The Kier molecular flexibility index (Phi) is 4.59. The Balaban J connectivity index is 2.12. The van der Waals surface area contributed by atoms with Crippen LogP contribution in [0, 0.1) is 10.1 Å². The summed E-state index contributed by atoms with van der Waals surface area (Å²) in [5.41, 5.74) is -0.833. The maximum absolute atomic E-state index is 12.6. The highest BCUT2D eigenvalue weighted by atomic mass is 19.4. The zero-order chi connectivity index (χ0) is 16.2. The van der Waals surface area contributed by atoms with E-state index in [0.29, 0.717) is 25.2 Å². The van der Waals surface area contributed by atoms with Crippen molar-refractivity contribution in [1.82, 2.24) is 4.98 Å². The molecule has 2 rings (SSSR count). The molecule has 0 spiro atoms. The third-order valence-electron chi connectivity index (χ3n) is 2.94. The van der Waals surface area contributed by atoms with Gasteiger partial charge in [-0.25, -0.2) is 4.98 Å². The first-order chi connectivity index (χ1) is 10.4. The second kappa shape index (κ2) is 6.42. The Morgan fingerprint density at radius 2 is 1.91 bits per heavy atom. The molecule has 8 heteroatoms. The molecule has 0 aliphatic carbocycles. The lowest BCUT2D eigenvalue weighted by Gasteiger charge is -2.09. The van der Waals surface area contributed by atoms with Gasteiger partial charge in [-0.1, -0.05) is 30.3 Å². The predicted molar refractivity (Wildman–Crippen MR) is 74.5 cm³/mol. The molecule has 0 aliphatic heterocycles. The van der Waals surface area contributed by atoms with Crippen molar-refractivity contribution in [1.29, 1.82) is 0 Å². The van der Waals surface area contributed by atoms with Gasteiger partial charge in [0.15, 0.2) is 0 Å². The van der Waals surface area contributed by atoms with Crippen LogP contribution in [0.2, 0.25) is 0 Å². The summed E-state index contributed by atoms with van der Waals surface area (Å²) in [7, 11) is 0. The van der Waals surface area contributed by atoms with Crippen molar-refractivity contribution in [2.24, 2.45) is 0 Å². The second-order valence-corrected chi connectivity index (χ2v) is 4.51. The van der Waals surface area contributed by atoms with E-state index in [4.69, 9.17) is 0 Å². The molecule has 22 heavy (non-hydrogen) atoms. The standard InChI is InChI=1S/C14H12F3N3O2/c15-14(16,17)11-8-12(20(21)22)13(19-9-11)18-7-6-10-4-2-1-3-5-10/h1-5,8-9H,6-7H2,(H,18,19). The van der Waals surface area contributed by atoms with E-state index in [1.165, 1.54) is 0 Å². The average Bonchev–Trinajstić information content (AvgIpc) is 2.47. The van der Waals surface area contributed by atoms with E-state index in [1.807, 2.05) is 30.3 Å². The molecular weight excluding hydrogens is 299 g/mol. The van der Waals surface area contributed by atoms with E-state index in [9.17, 15) is 23.3 Å². The number of alkyl halides is 3. The van der Waals surface area contributed by atoms with E-state index in [-0.39, 0.29) is 5.82 Å². The van der Waals surface area contributed by atoms with Gasteiger partial charge in [0.1, 0.15) is 0 Å². The van der Waals surface area contributed by atoms with Crippen LogP contribution in [-0.4, -0.2) is 16.5 Å². The fourth-order valence-corrected chi connectivity index (χ4v) is 1.85. The normalized spacial score (nSPS) is 11.2. The molecule has 1 N–H and O–H groups in total. The molecule has 0 atom stereocenters. The van der Waals surface area contributed by atoms with Crippen molar-refractivity contribution >= 4 is 11.5 Å².